The zero-order valence-electron chi connectivity index (χ0n) is 10.7. The predicted octanol–water partition coefficient (Wildman–Crippen LogP) is 3.53. The van der Waals surface area contributed by atoms with Crippen molar-refractivity contribution in [3.05, 3.63) is 58.5 Å². The van der Waals surface area contributed by atoms with Crippen LogP contribution in [0, 0.1) is 11.3 Å². The maximum Gasteiger partial charge on any atom is 0.105 e. The van der Waals surface area contributed by atoms with Crippen molar-refractivity contribution in [1.29, 1.82) is 5.26 Å². The standard InChI is InChI=1S/C15H15ClN2O/c1-11(7-14-3-2-6-19-14)18-10-13-5-4-12(9-17)8-15(13)16/h2-6,8,11,18H,7,10H2,1H3. The lowest BCUT2D eigenvalue weighted by molar-refractivity contribution is 0.456. The Labute approximate surface area is 117 Å². The zero-order valence-corrected chi connectivity index (χ0v) is 11.4. The minimum Gasteiger partial charge on any atom is -0.469 e. The summed E-state index contributed by atoms with van der Waals surface area (Å²) in [5.74, 6) is 0.964. The molecule has 1 atom stereocenters. The van der Waals surface area contributed by atoms with E-state index in [-0.39, 0.29) is 6.04 Å². The lowest BCUT2D eigenvalue weighted by Gasteiger charge is -2.13. The lowest BCUT2D eigenvalue weighted by atomic mass is 10.1. The topological polar surface area (TPSA) is 49.0 Å². The van der Waals surface area contributed by atoms with Crippen molar-refractivity contribution < 1.29 is 4.42 Å². The average Bonchev–Trinajstić information content (AvgIpc) is 2.90. The number of rotatable bonds is 5. The first-order chi connectivity index (χ1) is 9.19. The summed E-state index contributed by atoms with van der Waals surface area (Å²) in [6, 6.07) is 11.6. The first-order valence-corrected chi connectivity index (χ1v) is 6.51. The molecule has 1 heterocycles. The molecular weight excluding hydrogens is 260 g/mol. The molecule has 3 nitrogen and oxygen atoms in total. The Bertz CT molecular complexity index is 572. The first-order valence-electron chi connectivity index (χ1n) is 6.13. The summed E-state index contributed by atoms with van der Waals surface area (Å²) in [6.07, 6.45) is 2.51. The molecule has 0 aliphatic heterocycles. The van der Waals surface area contributed by atoms with E-state index in [2.05, 4.69) is 18.3 Å². The second-order valence-corrected chi connectivity index (χ2v) is 4.89. The molecule has 0 saturated heterocycles. The number of halogens is 1. The summed E-state index contributed by atoms with van der Waals surface area (Å²) in [5.41, 5.74) is 1.57. The van der Waals surface area contributed by atoms with E-state index in [1.165, 1.54) is 0 Å². The Kier molecular flexibility index (Phi) is 4.62. The third kappa shape index (κ3) is 3.85. The van der Waals surface area contributed by atoms with Crippen molar-refractivity contribution in [3.63, 3.8) is 0 Å². The van der Waals surface area contributed by atoms with E-state index in [4.69, 9.17) is 21.3 Å². The average molecular weight is 275 g/mol. The van der Waals surface area contributed by atoms with E-state index < -0.39 is 0 Å². The van der Waals surface area contributed by atoms with Gasteiger partial charge in [-0.3, -0.25) is 0 Å². The van der Waals surface area contributed by atoms with Crippen LogP contribution < -0.4 is 5.32 Å². The van der Waals surface area contributed by atoms with Crippen LogP contribution in [0.1, 0.15) is 23.8 Å². The molecule has 0 aliphatic carbocycles. The van der Waals surface area contributed by atoms with Crippen LogP contribution in [0.5, 0.6) is 0 Å². The molecule has 0 saturated carbocycles. The monoisotopic (exact) mass is 274 g/mol. The van der Waals surface area contributed by atoms with Crippen LogP contribution in [0.4, 0.5) is 0 Å². The smallest absolute Gasteiger partial charge is 0.105 e. The summed E-state index contributed by atoms with van der Waals surface area (Å²) in [6.45, 7) is 2.77. The normalized spacial score (nSPS) is 12.1. The van der Waals surface area contributed by atoms with Crippen LogP contribution >= 0.6 is 11.6 Å². The minimum atomic E-state index is 0.290. The van der Waals surface area contributed by atoms with Gasteiger partial charge >= 0.3 is 0 Å². The van der Waals surface area contributed by atoms with Gasteiger partial charge in [0.2, 0.25) is 0 Å². The van der Waals surface area contributed by atoms with E-state index in [9.17, 15) is 0 Å². The summed E-state index contributed by atoms with van der Waals surface area (Å²) in [4.78, 5) is 0. The molecule has 0 aliphatic rings. The maximum atomic E-state index is 8.78. The van der Waals surface area contributed by atoms with Crippen molar-refractivity contribution in [3.8, 4) is 6.07 Å². The SMILES string of the molecule is CC(Cc1ccco1)NCc1ccc(C#N)cc1Cl. The van der Waals surface area contributed by atoms with Crippen molar-refractivity contribution >= 4 is 11.6 Å². The fourth-order valence-electron chi connectivity index (χ4n) is 1.85. The van der Waals surface area contributed by atoms with E-state index in [0.717, 1.165) is 17.7 Å². The molecule has 4 heteroatoms. The highest BCUT2D eigenvalue weighted by Crippen LogP contribution is 2.17. The molecule has 0 bridgehead atoms. The van der Waals surface area contributed by atoms with E-state index in [0.29, 0.717) is 17.1 Å². The van der Waals surface area contributed by atoms with E-state index in [1.54, 1.807) is 18.4 Å². The molecule has 2 aromatic rings. The van der Waals surface area contributed by atoms with Crippen LogP contribution in [0.3, 0.4) is 0 Å². The van der Waals surface area contributed by atoms with Crippen molar-refractivity contribution in [2.45, 2.75) is 25.9 Å². The molecule has 0 spiro atoms. The number of nitrogens with one attached hydrogen (secondary N) is 1. The number of hydrogen-bond acceptors (Lipinski definition) is 3. The van der Waals surface area contributed by atoms with Gasteiger partial charge < -0.3 is 9.73 Å². The summed E-state index contributed by atoms with van der Waals surface area (Å²) >= 11 is 6.12. The number of benzene rings is 1. The van der Waals surface area contributed by atoms with Gasteiger partial charge in [0.25, 0.3) is 0 Å². The highest BCUT2D eigenvalue weighted by atomic mass is 35.5. The third-order valence-corrected chi connectivity index (χ3v) is 3.26. The number of nitrogens with zero attached hydrogens (tertiary/aromatic N) is 1. The molecule has 98 valence electrons. The molecule has 1 unspecified atom stereocenters. The van der Waals surface area contributed by atoms with Gasteiger partial charge in [0.05, 0.1) is 17.9 Å². The molecule has 0 radical (unpaired) electrons. The molecule has 2 rings (SSSR count). The van der Waals surface area contributed by atoms with Crippen molar-refractivity contribution in [1.82, 2.24) is 5.32 Å². The highest BCUT2D eigenvalue weighted by Gasteiger charge is 2.07. The largest absolute Gasteiger partial charge is 0.469 e. The van der Waals surface area contributed by atoms with Crippen LogP contribution in [-0.4, -0.2) is 6.04 Å². The molecule has 1 aromatic carbocycles. The molecule has 1 N–H and O–H groups in total. The van der Waals surface area contributed by atoms with Gasteiger partial charge in [-0.2, -0.15) is 5.26 Å². The Balaban J connectivity index is 1.90. The summed E-state index contributed by atoms with van der Waals surface area (Å²) < 4.78 is 5.31. The lowest BCUT2D eigenvalue weighted by Crippen LogP contribution is -2.27. The third-order valence-electron chi connectivity index (χ3n) is 2.91. The second-order valence-electron chi connectivity index (χ2n) is 4.48. The van der Waals surface area contributed by atoms with Gasteiger partial charge in [-0.05, 0) is 36.8 Å². The van der Waals surface area contributed by atoms with Gasteiger partial charge in [0.1, 0.15) is 5.76 Å². The van der Waals surface area contributed by atoms with Gasteiger partial charge in [-0.15, -0.1) is 0 Å². The molecule has 19 heavy (non-hydrogen) atoms. The van der Waals surface area contributed by atoms with Gasteiger partial charge in [-0.1, -0.05) is 17.7 Å². The van der Waals surface area contributed by atoms with Gasteiger partial charge in [-0.25, -0.2) is 0 Å². The number of furan rings is 1. The van der Waals surface area contributed by atoms with Gasteiger partial charge in [0.15, 0.2) is 0 Å². The summed E-state index contributed by atoms with van der Waals surface area (Å²) in [5, 5.41) is 12.8. The Morgan fingerprint density at radius 1 is 1.42 bits per heavy atom. The maximum absolute atomic E-state index is 8.78. The quantitative estimate of drug-likeness (QED) is 0.907. The van der Waals surface area contributed by atoms with E-state index >= 15 is 0 Å². The summed E-state index contributed by atoms with van der Waals surface area (Å²) in [7, 11) is 0. The molecule has 0 fully saturated rings. The molecular formula is C15H15ClN2O. The number of nitriles is 1. The fraction of sp³-hybridized carbons (Fsp3) is 0.267. The van der Waals surface area contributed by atoms with Crippen molar-refractivity contribution in [2.75, 3.05) is 0 Å². The first kappa shape index (κ1) is 13.7. The Morgan fingerprint density at radius 3 is 2.89 bits per heavy atom. The van der Waals surface area contributed by atoms with Crippen LogP contribution in [0.2, 0.25) is 5.02 Å². The van der Waals surface area contributed by atoms with E-state index in [1.807, 2.05) is 18.2 Å². The van der Waals surface area contributed by atoms with Crippen LogP contribution in [-0.2, 0) is 13.0 Å². The zero-order chi connectivity index (χ0) is 13.7. The van der Waals surface area contributed by atoms with Crippen LogP contribution in [0.25, 0.3) is 0 Å². The molecule has 0 amide bonds. The number of hydrogen-bond donors (Lipinski definition) is 1. The Hall–Kier alpha value is -1.76. The molecule has 1 aromatic heterocycles. The minimum absolute atomic E-state index is 0.290. The van der Waals surface area contributed by atoms with Gasteiger partial charge in [0, 0.05) is 24.0 Å². The predicted molar refractivity (Wildman–Crippen MR) is 74.9 cm³/mol. The van der Waals surface area contributed by atoms with Crippen molar-refractivity contribution in [2.24, 2.45) is 0 Å². The Morgan fingerprint density at radius 2 is 2.26 bits per heavy atom. The van der Waals surface area contributed by atoms with Crippen LogP contribution in [0.15, 0.2) is 41.0 Å². The second kappa shape index (κ2) is 6.42. The highest BCUT2D eigenvalue weighted by molar-refractivity contribution is 6.31. The fourth-order valence-corrected chi connectivity index (χ4v) is 2.09.